The van der Waals surface area contributed by atoms with E-state index in [1.54, 1.807) is 48.5 Å². The van der Waals surface area contributed by atoms with Gasteiger partial charge in [-0.2, -0.15) is 0 Å². The number of hydrogen-bond acceptors (Lipinski definition) is 5. The first kappa shape index (κ1) is 15.8. The first-order valence-corrected chi connectivity index (χ1v) is 8.83. The third-order valence-electron chi connectivity index (χ3n) is 3.57. The highest BCUT2D eigenvalue weighted by Gasteiger charge is 2.25. The van der Waals surface area contributed by atoms with E-state index >= 15 is 0 Å². The van der Waals surface area contributed by atoms with Crippen LogP contribution in [-0.2, 0) is 9.84 Å². The van der Waals surface area contributed by atoms with Crippen molar-refractivity contribution < 1.29 is 17.9 Å². The molecule has 0 aromatic heterocycles. The molecule has 1 aliphatic heterocycles. The maximum atomic E-state index is 12.7. The van der Waals surface area contributed by atoms with Crippen molar-refractivity contribution >= 4 is 9.84 Å². The van der Waals surface area contributed by atoms with Gasteiger partial charge >= 0.3 is 0 Å². The van der Waals surface area contributed by atoms with Crippen LogP contribution in [0.2, 0.25) is 0 Å². The number of hydrogen-bond donors (Lipinski definition) is 0. The molecule has 23 heavy (non-hydrogen) atoms. The van der Waals surface area contributed by atoms with E-state index in [-0.39, 0.29) is 15.9 Å². The molecule has 0 aliphatic carbocycles. The van der Waals surface area contributed by atoms with Crippen molar-refractivity contribution in [2.24, 2.45) is 0 Å². The zero-order chi connectivity index (χ0) is 16.4. The molecule has 122 valence electrons. The van der Waals surface area contributed by atoms with Gasteiger partial charge in [0.05, 0.1) is 9.79 Å². The molecule has 2 aromatic rings. The van der Waals surface area contributed by atoms with Gasteiger partial charge in [-0.1, -0.05) is 18.2 Å². The van der Waals surface area contributed by atoms with E-state index in [0.717, 1.165) is 0 Å². The van der Waals surface area contributed by atoms with Gasteiger partial charge in [0.2, 0.25) is 9.84 Å². The summed E-state index contributed by atoms with van der Waals surface area (Å²) >= 11 is 0. The van der Waals surface area contributed by atoms with Crippen LogP contribution in [0, 0.1) is 0 Å². The molecule has 1 aliphatic rings. The number of likely N-dealkylation sites (N-methyl/N-ethyl adjacent to an activating group) is 1. The normalized spacial score (nSPS) is 17.3. The molecule has 6 heteroatoms. The minimum atomic E-state index is -3.56. The fraction of sp³-hybridized carbons (Fsp3) is 0.294. The lowest BCUT2D eigenvalue weighted by molar-refractivity contribution is 0.0707. The molecule has 0 N–H and O–H groups in total. The van der Waals surface area contributed by atoms with Crippen molar-refractivity contribution in [2.75, 3.05) is 27.2 Å². The van der Waals surface area contributed by atoms with Crippen LogP contribution in [-0.4, -0.2) is 46.7 Å². The van der Waals surface area contributed by atoms with E-state index in [1.165, 1.54) is 0 Å². The van der Waals surface area contributed by atoms with Gasteiger partial charge in [0.25, 0.3) is 0 Å². The molecule has 1 heterocycles. The van der Waals surface area contributed by atoms with Crippen molar-refractivity contribution in [3.8, 4) is 11.5 Å². The maximum absolute atomic E-state index is 12.7. The minimum absolute atomic E-state index is 0.118. The van der Waals surface area contributed by atoms with Crippen molar-refractivity contribution in [2.45, 2.75) is 15.9 Å². The Labute approximate surface area is 136 Å². The second-order valence-corrected chi connectivity index (χ2v) is 7.69. The molecule has 0 spiro atoms. The number of sulfone groups is 1. The molecule has 0 radical (unpaired) electrons. The summed E-state index contributed by atoms with van der Waals surface area (Å²) in [5.74, 6) is 1.05. The molecule has 3 rings (SSSR count). The molecule has 5 nitrogen and oxygen atoms in total. The summed E-state index contributed by atoms with van der Waals surface area (Å²) in [6.45, 7) is 1.16. The molecular weight excluding hydrogens is 314 g/mol. The largest absolute Gasteiger partial charge is 0.486 e. The fourth-order valence-corrected chi connectivity index (χ4v) is 3.79. The molecule has 0 bridgehead atoms. The third kappa shape index (κ3) is 3.33. The van der Waals surface area contributed by atoms with Gasteiger partial charge in [-0.15, -0.1) is 0 Å². The zero-order valence-electron chi connectivity index (χ0n) is 13.1. The number of fused-ring (bicyclic) bond motifs is 1. The topological polar surface area (TPSA) is 55.8 Å². The van der Waals surface area contributed by atoms with Crippen molar-refractivity contribution in [3.05, 3.63) is 48.5 Å². The first-order valence-electron chi connectivity index (χ1n) is 7.35. The summed E-state index contributed by atoms with van der Waals surface area (Å²) in [6.07, 6.45) is -0.118. The van der Waals surface area contributed by atoms with Crippen LogP contribution in [0.1, 0.15) is 0 Å². The molecule has 1 atom stereocenters. The summed E-state index contributed by atoms with van der Waals surface area (Å²) < 4.78 is 36.9. The number of ether oxygens (including phenoxy) is 2. The first-order chi connectivity index (χ1) is 11.0. The smallest absolute Gasteiger partial charge is 0.206 e. The lowest BCUT2D eigenvalue weighted by atomic mass is 10.2. The average Bonchev–Trinajstić information content (AvgIpc) is 2.54. The van der Waals surface area contributed by atoms with Gasteiger partial charge in [-0.05, 0) is 38.4 Å². The van der Waals surface area contributed by atoms with Crippen LogP contribution in [0.3, 0.4) is 0 Å². The van der Waals surface area contributed by atoms with Gasteiger partial charge < -0.3 is 14.4 Å². The van der Waals surface area contributed by atoms with Gasteiger partial charge in [-0.3, -0.25) is 0 Å². The van der Waals surface area contributed by atoms with Crippen molar-refractivity contribution in [1.82, 2.24) is 4.90 Å². The van der Waals surface area contributed by atoms with Crippen molar-refractivity contribution in [3.63, 3.8) is 0 Å². The van der Waals surface area contributed by atoms with E-state index < -0.39 is 9.84 Å². The quantitative estimate of drug-likeness (QED) is 0.859. The fourth-order valence-electron chi connectivity index (χ4n) is 2.50. The molecule has 0 saturated carbocycles. The highest BCUT2D eigenvalue weighted by molar-refractivity contribution is 7.91. The van der Waals surface area contributed by atoms with Crippen LogP contribution in [0.15, 0.2) is 58.3 Å². The molecule has 0 unspecified atom stereocenters. The summed E-state index contributed by atoms with van der Waals surface area (Å²) in [7, 11) is 0.348. The highest BCUT2D eigenvalue weighted by Crippen LogP contribution is 2.35. The van der Waals surface area contributed by atoms with E-state index in [4.69, 9.17) is 9.47 Å². The van der Waals surface area contributed by atoms with Crippen LogP contribution in [0.5, 0.6) is 11.5 Å². The van der Waals surface area contributed by atoms with Crippen LogP contribution >= 0.6 is 0 Å². The predicted molar refractivity (Wildman–Crippen MR) is 86.8 cm³/mol. The van der Waals surface area contributed by atoms with Crippen LogP contribution < -0.4 is 9.47 Å². The Morgan fingerprint density at radius 3 is 2.48 bits per heavy atom. The standard InChI is InChI=1S/C17H19NO4S/c1-18(2)11-13-12-21-16-9-8-15(10-17(16)22-13)23(19,20)14-6-4-3-5-7-14/h3-10,13H,11-12H2,1-2H3/t13-/m0/s1. The van der Waals surface area contributed by atoms with E-state index in [1.807, 2.05) is 19.0 Å². The van der Waals surface area contributed by atoms with E-state index in [0.29, 0.717) is 24.7 Å². The van der Waals surface area contributed by atoms with Gasteiger partial charge in [0, 0.05) is 12.6 Å². The average molecular weight is 333 g/mol. The Morgan fingerprint density at radius 1 is 1.04 bits per heavy atom. The second-order valence-electron chi connectivity index (χ2n) is 5.74. The third-order valence-corrected chi connectivity index (χ3v) is 5.33. The second kappa shape index (κ2) is 6.22. The Bertz CT molecular complexity index is 787. The summed E-state index contributed by atoms with van der Waals surface area (Å²) in [4.78, 5) is 2.47. The maximum Gasteiger partial charge on any atom is 0.206 e. The van der Waals surface area contributed by atoms with Crippen molar-refractivity contribution in [1.29, 1.82) is 0 Å². The van der Waals surface area contributed by atoms with Crippen LogP contribution in [0.4, 0.5) is 0 Å². The molecule has 0 fully saturated rings. The van der Waals surface area contributed by atoms with E-state index in [2.05, 4.69) is 0 Å². The molecule has 2 aromatic carbocycles. The minimum Gasteiger partial charge on any atom is -0.486 e. The molecule has 0 amide bonds. The zero-order valence-corrected chi connectivity index (χ0v) is 13.9. The summed E-state index contributed by atoms with van der Waals surface area (Å²) in [5.41, 5.74) is 0. The summed E-state index contributed by atoms with van der Waals surface area (Å²) in [5, 5.41) is 0. The Hall–Kier alpha value is -2.05. The number of nitrogens with zero attached hydrogens (tertiary/aromatic N) is 1. The number of rotatable bonds is 4. The van der Waals surface area contributed by atoms with Gasteiger partial charge in [-0.25, -0.2) is 8.42 Å². The SMILES string of the molecule is CN(C)C[C@H]1COc2ccc(S(=O)(=O)c3ccccc3)cc2O1. The predicted octanol–water partition coefficient (Wildman–Crippen LogP) is 2.22. The van der Waals surface area contributed by atoms with Gasteiger partial charge in [0.15, 0.2) is 11.5 Å². The molecule has 0 saturated heterocycles. The highest BCUT2D eigenvalue weighted by atomic mass is 32.2. The van der Waals surface area contributed by atoms with Gasteiger partial charge in [0.1, 0.15) is 12.7 Å². The summed E-state index contributed by atoms with van der Waals surface area (Å²) in [6, 6.07) is 13.1. The Balaban J connectivity index is 1.92. The molecular formula is C17H19NO4S. The van der Waals surface area contributed by atoms with Crippen LogP contribution in [0.25, 0.3) is 0 Å². The Morgan fingerprint density at radius 2 is 1.78 bits per heavy atom. The number of benzene rings is 2. The Kier molecular flexibility index (Phi) is 4.28. The van der Waals surface area contributed by atoms with E-state index in [9.17, 15) is 8.42 Å². The lowest BCUT2D eigenvalue weighted by Crippen LogP contribution is -2.38. The lowest BCUT2D eigenvalue weighted by Gasteiger charge is -2.28. The monoisotopic (exact) mass is 333 g/mol.